The first-order valence-corrected chi connectivity index (χ1v) is 7.24. The van der Waals surface area contributed by atoms with Gasteiger partial charge in [-0.1, -0.05) is 42.5 Å². The molecule has 0 saturated heterocycles. The van der Waals surface area contributed by atoms with Gasteiger partial charge in [-0.2, -0.15) is 0 Å². The molecule has 0 radical (unpaired) electrons. The highest BCUT2D eigenvalue weighted by atomic mass is 16.3. The van der Waals surface area contributed by atoms with E-state index >= 15 is 0 Å². The van der Waals surface area contributed by atoms with E-state index in [2.05, 4.69) is 10.3 Å². The van der Waals surface area contributed by atoms with Crippen molar-refractivity contribution < 1.29 is 9.90 Å². The molecule has 2 aromatic carbocycles. The van der Waals surface area contributed by atoms with Gasteiger partial charge in [0.05, 0.1) is 12.2 Å². The van der Waals surface area contributed by atoms with Gasteiger partial charge in [0.1, 0.15) is 0 Å². The number of aromatic nitrogens is 1. The van der Waals surface area contributed by atoms with Crippen molar-refractivity contribution in [2.75, 3.05) is 0 Å². The van der Waals surface area contributed by atoms with Gasteiger partial charge >= 0.3 is 0 Å². The molecule has 1 amide bonds. The SMILES string of the molecule is Cc1[nH]c2ccccc2c1C(=O)NCc1ccccc1CO. The summed E-state index contributed by atoms with van der Waals surface area (Å²) in [6, 6.07) is 15.3. The highest BCUT2D eigenvalue weighted by Gasteiger charge is 2.15. The van der Waals surface area contributed by atoms with Crippen molar-refractivity contribution in [1.82, 2.24) is 10.3 Å². The Kier molecular flexibility index (Phi) is 3.94. The molecule has 0 fully saturated rings. The van der Waals surface area contributed by atoms with Crippen LogP contribution in [0.15, 0.2) is 48.5 Å². The summed E-state index contributed by atoms with van der Waals surface area (Å²) in [6.45, 7) is 2.27. The van der Waals surface area contributed by atoms with Crippen LogP contribution in [0.5, 0.6) is 0 Å². The molecule has 0 saturated carbocycles. The van der Waals surface area contributed by atoms with E-state index in [4.69, 9.17) is 0 Å². The fourth-order valence-corrected chi connectivity index (χ4v) is 2.72. The Balaban J connectivity index is 1.83. The first kappa shape index (κ1) is 14.4. The van der Waals surface area contributed by atoms with Crippen LogP contribution >= 0.6 is 0 Å². The number of rotatable bonds is 4. The monoisotopic (exact) mass is 294 g/mol. The number of aryl methyl sites for hydroxylation is 1. The summed E-state index contributed by atoms with van der Waals surface area (Å²) in [5.74, 6) is -0.109. The summed E-state index contributed by atoms with van der Waals surface area (Å²) < 4.78 is 0. The van der Waals surface area contributed by atoms with Gasteiger partial charge in [0.15, 0.2) is 0 Å². The maximum absolute atomic E-state index is 12.5. The number of fused-ring (bicyclic) bond motifs is 1. The highest BCUT2D eigenvalue weighted by molar-refractivity contribution is 6.08. The zero-order valence-electron chi connectivity index (χ0n) is 12.4. The van der Waals surface area contributed by atoms with Crippen molar-refractivity contribution in [2.24, 2.45) is 0 Å². The molecule has 0 unspecified atom stereocenters. The van der Waals surface area contributed by atoms with E-state index in [9.17, 15) is 9.90 Å². The number of nitrogens with one attached hydrogen (secondary N) is 2. The summed E-state index contributed by atoms with van der Waals surface area (Å²) in [6.07, 6.45) is 0. The highest BCUT2D eigenvalue weighted by Crippen LogP contribution is 2.21. The second-order valence-electron chi connectivity index (χ2n) is 5.28. The number of hydrogen-bond donors (Lipinski definition) is 3. The summed E-state index contributed by atoms with van der Waals surface area (Å²) in [7, 11) is 0. The van der Waals surface area contributed by atoms with Gasteiger partial charge in [-0.25, -0.2) is 0 Å². The summed E-state index contributed by atoms with van der Waals surface area (Å²) in [5, 5.41) is 13.2. The van der Waals surface area contributed by atoms with Crippen molar-refractivity contribution in [1.29, 1.82) is 0 Å². The Bertz CT molecular complexity index is 821. The molecule has 1 aromatic heterocycles. The summed E-state index contributed by atoms with van der Waals surface area (Å²) >= 11 is 0. The molecule has 112 valence electrons. The number of aromatic amines is 1. The molecule has 0 aliphatic heterocycles. The van der Waals surface area contributed by atoms with E-state index in [1.165, 1.54) is 0 Å². The molecule has 0 aliphatic carbocycles. The van der Waals surface area contributed by atoms with Crippen LogP contribution in [0.25, 0.3) is 10.9 Å². The van der Waals surface area contributed by atoms with Gasteiger partial charge in [0.2, 0.25) is 0 Å². The third-order valence-corrected chi connectivity index (χ3v) is 3.85. The van der Waals surface area contributed by atoms with Crippen LogP contribution in [0, 0.1) is 6.92 Å². The number of aliphatic hydroxyl groups is 1. The minimum Gasteiger partial charge on any atom is -0.392 e. The normalized spacial score (nSPS) is 10.8. The lowest BCUT2D eigenvalue weighted by Gasteiger charge is -2.09. The minimum absolute atomic E-state index is 0.0296. The van der Waals surface area contributed by atoms with Crippen LogP contribution < -0.4 is 5.32 Å². The smallest absolute Gasteiger partial charge is 0.253 e. The van der Waals surface area contributed by atoms with Gasteiger partial charge in [0, 0.05) is 23.1 Å². The Morgan fingerprint density at radius 2 is 1.77 bits per heavy atom. The van der Waals surface area contributed by atoms with Crippen molar-refractivity contribution in [3.05, 3.63) is 70.9 Å². The van der Waals surface area contributed by atoms with E-state index in [1.807, 2.05) is 55.5 Å². The average molecular weight is 294 g/mol. The van der Waals surface area contributed by atoms with Crippen molar-refractivity contribution in [3.63, 3.8) is 0 Å². The van der Waals surface area contributed by atoms with Gasteiger partial charge < -0.3 is 15.4 Å². The molecule has 1 heterocycles. The fourth-order valence-electron chi connectivity index (χ4n) is 2.72. The largest absolute Gasteiger partial charge is 0.392 e. The van der Waals surface area contributed by atoms with E-state index in [-0.39, 0.29) is 12.5 Å². The maximum Gasteiger partial charge on any atom is 0.253 e. The van der Waals surface area contributed by atoms with Crippen LogP contribution in [-0.2, 0) is 13.2 Å². The lowest BCUT2D eigenvalue weighted by molar-refractivity contribution is 0.0951. The van der Waals surface area contributed by atoms with Gasteiger partial charge in [-0.05, 0) is 24.1 Å². The Morgan fingerprint density at radius 3 is 2.55 bits per heavy atom. The number of H-pyrrole nitrogens is 1. The zero-order valence-corrected chi connectivity index (χ0v) is 12.4. The number of benzene rings is 2. The third-order valence-electron chi connectivity index (χ3n) is 3.85. The van der Waals surface area contributed by atoms with Crippen LogP contribution in [0.3, 0.4) is 0 Å². The molecular formula is C18H18N2O2. The molecule has 0 spiro atoms. The number of amides is 1. The maximum atomic E-state index is 12.5. The predicted molar refractivity (Wildman–Crippen MR) is 86.6 cm³/mol. The Labute approximate surface area is 128 Å². The second-order valence-corrected chi connectivity index (χ2v) is 5.28. The van der Waals surface area contributed by atoms with Crippen molar-refractivity contribution >= 4 is 16.8 Å². The van der Waals surface area contributed by atoms with Crippen LogP contribution in [-0.4, -0.2) is 16.0 Å². The number of aliphatic hydroxyl groups excluding tert-OH is 1. The molecule has 4 heteroatoms. The van der Waals surface area contributed by atoms with E-state index in [0.29, 0.717) is 12.1 Å². The molecule has 3 rings (SSSR count). The number of carbonyl (C=O) groups excluding carboxylic acids is 1. The summed E-state index contributed by atoms with van der Waals surface area (Å²) in [5.41, 5.74) is 4.25. The molecule has 3 aromatic rings. The molecule has 3 N–H and O–H groups in total. The number of carbonyl (C=O) groups is 1. The van der Waals surface area contributed by atoms with Crippen LogP contribution in [0.4, 0.5) is 0 Å². The number of hydrogen-bond acceptors (Lipinski definition) is 2. The van der Waals surface area contributed by atoms with E-state index < -0.39 is 0 Å². The van der Waals surface area contributed by atoms with Crippen molar-refractivity contribution in [2.45, 2.75) is 20.1 Å². The zero-order chi connectivity index (χ0) is 15.5. The minimum atomic E-state index is -0.109. The second kappa shape index (κ2) is 6.03. The molecule has 4 nitrogen and oxygen atoms in total. The quantitative estimate of drug-likeness (QED) is 0.692. The van der Waals surface area contributed by atoms with E-state index in [0.717, 1.165) is 27.7 Å². The molecule has 0 aliphatic rings. The van der Waals surface area contributed by atoms with E-state index in [1.54, 1.807) is 0 Å². The third kappa shape index (κ3) is 2.61. The molecule has 22 heavy (non-hydrogen) atoms. The lowest BCUT2D eigenvalue weighted by atomic mass is 10.1. The van der Waals surface area contributed by atoms with Gasteiger partial charge in [-0.3, -0.25) is 4.79 Å². The van der Waals surface area contributed by atoms with Gasteiger partial charge in [-0.15, -0.1) is 0 Å². The Hall–Kier alpha value is -2.59. The lowest BCUT2D eigenvalue weighted by Crippen LogP contribution is -2.24. The number of para-hydroxylation sites is 1. The predicted octanol–water partition coefficient (Wildman–Crippen LogP) is 2.90. The Morgan fingerprint density at radius 1 is 1.09 bits per heavy atom. The van der Waals surface area contributed by atoms with Crippen LogP contribution in [0.2, 0.25) is 0 Å². The standard InChI is InChI=1S/C18H18N2O2/c1-12-17(15-8-4-5-9-16(15)20-12)18(22)19-10-13-6-2-3-7-14(13)11-21/h2-9,20-21H,10-11H2,1H3,(H,19,22). The molecule has 0 bridgehead atoms. The fraction of sp³-hybridized carbons (Fsp3) is 0.167. The molecular weight excluding hydrogens is 276 g/mol. The van der Waals surface area contributed by atoms with Crippen LogP contribution in [0.1, 0.15) is 27.2 Å². The first-order chi connectivity index (χ1) is 10.7. The summed E-state index contributed by atoms with van der Waals surface area (Å²) in [4.78, 5) is 15.7. The topological polar surface area (TPSA) is 65.1 Å². The van der Waals surface area contributed by atoms with Gasteiger partial charge in [0.25, 0.3) is 5.91 Å². The molecule has 0 atom stereocenters. The first-order valence-electron chi connectivity index (χ1n) is 7.24. The average Bonchev–Trinajstić information content (AvgIpc) is 2.88. The van der Waals surface area contributed by atoms with Crippen molar-refractivity contribution in [3.8, 4) is 0 Å².